The van der Waals surface area contributed by atoms with Gasteiger partial charge in [0.05, 0.1) is 18.0 Å². The van der Waals surface area contributed by atoms with Gasteiger partial charge in [-0.2, -0.15) is 0 Å². The predicted molar refractivity (Wildman–Crippen MR) is 68.1 cm³/mol. The maximum Gasteiger partial charge on any atom is 0.422 e. The normalized spacial score (nSPS) is 11.1. The summed E-state index contributed by atoms with van der Waals surface area (Å²) in [6, 6.07) is 5.00. The van der Waals surface area contributed by atoms with Crippen molar-refractivity contribution >= 4 is 10.9 Å². The van der Waals surface area contributed by atoms with E-state index in [0.29, 0.717) is 23.2 Å². The quantitative estimate of drug-likeness (QED) is 0.829. The van der Waals surface area contributed by atoms with Crippen molar-refractivity contribution in [2.75, 3.05) is 7.11 Å². The molecule has 1 heterocycles. The van der Waals surface area contributed by atoms with E-state index >= 15 is 0 Å². The van der Waals surface area contributed by atoms with Gasteiger partial charge >= 0.3 is 11.4 Å². The van der Waals surface area contributed by atoms with E-state index in [0.717, 1.165) is 0 Å². The minimum atomic E-state index is -0.631. The summed E-state index contributed by atoms with van der Waals surface area (Å²) in [7, 11) is 1.52. The molecule has 18 heavy (non-hydrogen) atoms. The van der Waals surface area contributed by atoms with Crippen molar-refractivity contribution in [3.8, 4) is 5.75 Å². The molecule has 2 aromatic rings. The smallest absolute Gasteiger partial charge is 0.422 e. The third-order valence-corrected chi connectivity index (χ3v) is 2.66. The van der Waals surface area contributed by atoms with Gasteiger partial charge in [0.15, 0.2) is 0 Å². The van der Waals surface area contributed by atoms with Crippen molar-refractivity contribution in [2.24, 2.45) is 5.92 Å². The molecule has 0 spiro atoms. The van der Waals surface area contributed by atoms with E-state index in [9.17, 15) is 9.59 Å². The average Bonchev–Trinajstić information content (AvgIpc) is 2.33. The van der Waals surface area contributed by atoms with Crippen molar-refractivity contribution < 1.29 is 9.15 Å². The summed E-state index contributed by atoms with van der Waals surface area (Å²) < 4.78 is 11.3. The Labute approximate surface area is 104 Å². The second-order valence-corrected chi connectivity index (χ2v) is 4.54. The standard InChI is InChI=1S/C13H15NO4/c1-8(2)7-14-11-5-4-9(17-3)6-10(11)12(15)18-13(14)16/h4-6,8H,7H2,1-3H3. The largest absolute Gasteiger partial charge is 0.497 e. The highest BCUT2D eigenvalue weighted by Crippen LogP contribution is 2.17. The second-order valence-electron chi connectivity index (χ2n) is 4.54. The zero-order chi connectivity index (χ0) is 13.3. The molecule has 0 unspecified atom stereocenters. The molecule has 0 bridgehead atoms. The van der Waals surface area contributed by atoms with Crippen LogP contribution >= 0.6 is 0 Å². The Morgan fingerprint density at radius 2 is 2.06 bits per heavy atom. The minimum Gasteiger partial charge on any atom is -0.497 e. The Morgan fingerprint density at radius 1 is 1.33 bits per heavy atom. The fraction of sp³-hybridized carbons (Fsp3) is 0.385. The van der Waals surface area contributed by atoms with Crippen LogP contribution < -0.4 is 16.1 Å². The molecule has 1 aromatic carbocycles. The van der Waals surface area contributed by atoms with Crippen LogP contribution in [0.3, 0.4) is 0 Å². The minimum absolute atomic E-state index is 0.278. The van der Waals surface area contributed by atoms with Gasteiger partial charge < -0.3 is 9.15 Å². The van der Waals surface area contributed by atoms with Crippen molar-refractivity contribution in [3.05, 3.63) is 39.2 Å². The van der Waals surface area contributed by atoms with Crippen molar-refractivity contribution in [2.45, 2.75) is 20.4 Å². The first-order chi connectivity index (χ1) is 8.52. The lowest BCUT2D eigenvalue weighted by atomic mass is 10.2. The number of nitrogens with zero attached hydrogens (tertiary/aromatic N) is 1. The van der Waals surface area contributed by atoms with Crippen molar-refractivity contribution in [1.82, 2.24) is 4.57 Å². The number of hydrogen-bond donors (Lipinski definition) is 0. The van der Waals surface area contributed by atoms with Gasteiger partial charge in [0, 0.05) is 6.54 Å². The fourth-order valence-electron chi connectivity index (χ4n) is 1.87. The van der Waals surface area contributed by atoms with E-state index in [1.54, 1.807) is 18.2 Å². The van der Waals surface area contributed by atoms with E-state index in [-0.39, 0.29) is 5.92 Å². The summed E-state index contributed by atoms with van der Waals surface area (Å²) in [5, 5.41) is 0.356. The van der Waals surface area contributed by atoms with Crippen LogP contribution in [0, 0.1) is 5.92 Å². The molecule has 0 fully saturated rings. The SMILES string of the molecule is COc1ccc2c(c1)c(=O)oc(=O)n2CC(C)C. The van der Waals surface area contributed by atoms with Gasteiger partial charge in [0.2, 0.25) is 0 Å². The first-order valence-corrected chi connectivity index (χ1v) is 5.74. The summed E-state index contributed by atoms with van der Waals surface area (Å²) in [4.78, 5) is 23.4. The third kappa shape index (κ3) is 2.16. The molecule has 2 rings (SSSR count). The molecule has 0 aliphatic carbocycles. The molecular weight excluding hydrogens is 234 g/mol. The molecule has 0 aliphatic heterocycles. The summed E-state index contributed by atoms with van der Waals surface area (Å²) in [6.45, 7) is 4.49. The first kappa shape index (κ1) is 12.4. The van der Waals surface area contributed by atoms with Gasteiger partial charge in [-0.25, -0.2) is 9.59 Å². The van der Waals surface area contributed by atoms with Gasteiger partial charge in [0.25, 0.3) is 0 Å². The number of rotatable bonds is 3. The van der Waals surface area contributed by atoms with Crippen LogP contribution in [0.5, 0.6) is 5.75 Å². The molecule has 0 saturated heterocycles. The van der Waals surface area contributed by atoms with Crippen LogP contribution in [0.15, 0.2) is 32.2 Å². The predicted octanol–water partition coefficient (Wildman–Crippen LogP) is 1.62. The fourth-order valence-corrected chi connectivity index (χ4v) is 1.87. The molecule has 5 nitrogen and oxygen atoms in total. The molecule has 96 valence electrons. The molecule has 0 N–H and O–H groups in total. The Kier molecular flexibility index (Phi) is 3.23. The number of hydrogen-bond acceptors (Lipinski definition) is 4. The van der Waals surface area contributed by atoms with E-state index in [4.69, 9.17) is 9.15 Å². The van der Waals surface area contributed by atoms with Crippen LogP contribution in [0.1, 0.15) is 13.8 Å². The summed E-state index contributed by atoms with van der Waals surface area (Å²) in [5.41, 5.74) is -0.0559. The zero-order valence-corrected chi connectivity index (χ0v) is 10.6. The number of benzene rings is 1. The third-order valence-electron chi connectivity index (χ3n) is 2.66. The van der Waals surface area contributed by atoms with Crippen molar-refractivity contribution in [1.29, 1.82) is 0 Å². The lowest BCUT2D eigenvalue weighted by molar-refractivity contribution is 0.391. The number of aromatic nitrogens is 1. The van der Waals surface area contributed by atoms with Gasteiger partial charge in [0.1, 0.15) is 5.75 Å². The Bertz CT molecular complexity index is 681. The van der Waals surface area contributed by atoms with Crippen LogP contribution in [0.4, 0.5) is 0 Å². The number of fused-ring (bicyclic) bond motifs is 1. The molecular formula is C13H15NO4. The highest BCUT2D eigenvalue weighted by Gasteiger charge is 2.11. The van der Waals surface area contributed by atoms with Gasteiger partial charge in [-0.1, -0.05) is 13.8 Å². The van der Waals surface area contributed by atoms with Crippen molar-refractivity contribution in [3.63, 3.8) is 0 Å². The molecule has 0 atom stereocenters. The average molecular weight is 249 g/mol. The lowest BCUT2D eigenvalue weighted by Crippen LogP contribution is -2.26. The summed E-state index contributed by atoms with van der Waals surface area (Å²) >= 11 is 0. The maximum atomic E-state index is 11.7. The maximum absolute atomic E-state index is 11.7. The first-order valence-electron chi connectivity index (χ1n) is 5.74. The zero-order valence-electron chi connectivity index (χ0n) is 10.6. The molecule has 0 radical (unpaired) electrons. The van der Waals surface area contributed by atoms with Crippen LogP contribution in [0.2, 0.25) is 0 Å². The number of ether oxygens (including phenoxy) is 1. The summed E-state index contributed by atoms with van der Waals surface area (Å²) in [5.74, 6) is 0.219. The van der Waals surface area contributed by atoms with Gasteiger partial charge in [-0.3, -0.25) is 4.57 Å². The highest BCUT2D eigenvalue weighted by molar-refractivity contribution is 5.79. The van der Waals surface area contributed by atoms with E-state index < -0.39 is 11.4 Å². The van der Waals surface area contributed by atoms with E-state index in [1.165, 1.54) is 11.7 Å². The van der Waals surface area contributed by atoms with Crippen LogP contribution in [-0.4, -0.2) is 11.7 Å². The Balaban J connectivity index is 2.78. The monoisotopic (exact) mass is 249 g/mol. The van der Waals surface area contributed by atoms with Crippen LogP contribution in [0.25, 0.3) is 10.9 Å². The topological polar surface area (TPSA) is 61.4 Å². The molecule has 5 heteroatoms. The molecule has 0 saturated carbocycles. The van der Waals surface area contributed by atoms with E-state index in [2.05, 4.69) is 0 Å². The number of methoxy groups -OCH3 is 1. The highest BCUT2D eigenvalue weighted by atomic mass is 16.5. The summed E-state index contributed by atoms with van der Waals surface area (Å²) in [6.07, 6.45) is 0. The molecule has 0 amide bonds. The van der Waals surface area contributed by atoms with Gasteiger partial charge in [-0.15, -0.1) is 0 Å². The Hall–Kier alpha value is -2.04. The molecule has 1 aromatic heterocycles. The molecule has 0 aliphatic rings. The van der Waals surface area contributed by atoms with Gasteiger partial charge in [-0.05, 0) is 24.1 Å². The Morgan fingerprint density at radius 3 is 2.67 bits per heavy atom. The lowest BCUT2D eigenvalue weighted by Gasteiger charge is -2.11. The second kappa shape index (κ2) is 4.68. The van der Waals surface area contributed by atoms with E-state index in [1.807, 2.05) is 13.8 Å². The van der Waals surface area contributed by atoms with Crippen LogP contribution in [-0.2, 0) is 6.54 Å².